The molecule has 0 saturated heterocycles. The first-order valence-corrected chi connectivity index (χ1v) is 11.5. The van der Waals surface area contributed by atoms with E-state index in [0.717, 1.165) is 28.7 Å². The highest BCUT2D eigenvalue weighted by atomic mass is 35.5. The number of hydrogen-bond donors (Lipinski definition) is 0. The molecule has 0 spiro atoms. The zero-order chi connectivity index (χ0) is 21.0. The first-order chi connectivity index (χ1) is 13.7. The predicted octanol–water partition coefficient (Wildman–Crippen LogP) is 4.50. The Morgan fingerprint density at radius 3 is 2.14 bits per heavy atom. The Labute approximate surface area is 176 Å². The second-order valence-corrected chi connectivity index (χ2v) is 9.53. The summed E-state index contributed by atoms with van der Waals surface area (Å²) in [6.45, 7) is 3.97. The zero-order valence-electron chi connectivity index (χ0n) is 16.6. The SMILES string of the molecule is CC(C)Oc1ccc(Cc2cnc(S(C)(=O)=O)nc2Cc2ccc(Cl)cc2)cc1. The van der Waals surface area contributed by atoms with Crippen LogP contribution in [0.3, 0.4) is 0 Å². The highest BCUT2D eigenvalue weighted by molar-refractivity contribution is 7.90. The van der Waals surface area contributed by atoms with E-state index in [1.807, 2.05) is 62.4 Å². The first kappa shape index (κ1) is 21.3. The highest BCUT2D eigenvalue weighted by Crippen LogP contribution is 2.21. The Morgan fingerprint density at radius 2 is 1.55 bits per heavy atom. The van der Waals surface area contributed by atoms with Crippen molar-refractivity contribution in [3.63, 3.8) is 0 Å². The summed E-state index contributed by atoms with van der Waals surface area (Å²) in [6, 6.07) is 15.3. The summed E-state index contributed by atoms with van der Waals surface area (Å²) in [6.07, 6.45) is 3.92. The molecule has 152 valence electrons. The largest absolute Gasteiger partial charge is 0.491 e. The minimum absolute atomic E-state index is 0.115. The third-order valence-electron chi connectivity index (χ3n) is 4.24. The summed E-state index contributed by atoms with van der Waals surface area (Å²) in [5.74, 6) is 0.814. The third kappa shape index (κ3) is 6.02. The van der Waals surface area contributed by atoms with Crippen molar-refractivity contribution in [3.8, 4) is 5.75 Å². The minimum atomic E-state index is -3.49. The second kappa shape index (κ2) is 8.93. The lowest BCUT2D eigenvalue weighted by Gasteiger charge is -2.12. The van der Waals surface area contributed by atoms with Crippen LogP contribution in [0, 0.1) is 0 Å². The molecule has 0 fully saturated rings. The normalized spacial score (nSPS) is 11.6. The van der Waals surface area contributed by atoms with Crippen molar-refractivity contribution < 1.29 is 13.2 Å². The van der Waals surface area contributed by atoms with E-state index in [0.29, 0.717) is 23.6 Å². The van der Waals surface area contributed by atoms with Gasteiger partial charge in [0, 0.05) is 30.3 Å². The maximum Gasteiger partial charge on any atom is 0.247 e. The molecule has 2 aromatic carbocycles. The Balaban J connectivity index is 1.91. The summed E-state index contributed by atoms with van der Waals surface area (Å²) in [5, 5.41) is 0.489. The standard InChI is InChI=1S/C22H23ClN2O3S/c1-15(2)28-20-10-6-16(7-11-20)12-18-14-24-22(29(3,26)27)25-21(18)13-17-4-8-19(23)9-5-17/h4-11,14-15H,12-13H2,1-3H3. The van der Waals surface area contributed by atoms with Gasteiger partial charge >= 0.3 is 0 Å². The Morgan fingerprint density at radius 1 is 0.966 bits per heavy atom. The van der Waals surface area contributed by atoms with Gasteiger partial charge in [-0.2, -0.15) is 0 Å². The van der Waals surface area contributed by atoms with Crippen molar-refractivity contribution in [1.29, 1.82) is 0 Å². The molecule has 1 aromatic heterocycles. The van der Waals surface area contributed by atoms with Crippen LogP contribution in [0.15, 0.2) is 59.9 Å². The monoisotopic (exact) mass is 430 g/mol. The first-order valence-electron chi connectivity index (χ1n) is 9.25. The van der Waals surface area contributed by atoms with E-state index in [-0.39, 0.29) is 11.3 Å². The molecular formula is C22H23ClN2O3S. The van der Waals surface area contributed by atoms with Crippen LogP contribution in [0.1, 0.15) is 36.2 Å². The van der Waals surface area contributed by atoms with Crippen molar-refractivity contribution in [2.24, 2.45) is 0 Å². The Bertz CT molecular complexity index is 1080. The fourth-order valence-corrected chi connectivity index (χ4v) is 3.52. The van der Waals surface area contributed by atoms with Gasteiger partial charge in [0.1, 0.15) is 5.75 Å². The molecule has 0 bridgehead atoms. The fraction of sp³-hybridized carbons (Fsp3) is 0.273. The maximum absolute atomic E-state index is 11.9. The van der Waals surface area contributed by atoms with Crippen LogP contribution >= 0.6 is 11.6 Å². The van der Waals surface area contributed by atoms with Gasteiger partial charge in [0.2, 0.25) is 15.0 Å². The zero-order valence-corrected chi connectivity index (χ0v) is 18.2. The number of hydrogen-bond acceptors (Lipinski definition) is 5. The lowest BCUT2D eigenvalue weighted by atomic mass is 10.0. The molecule has 5 nitrogen and oxygen atoms in total. The summed E-state index contributed by atoms with van der Waals surface area (Å²) >= 11 is 5.97. The van der Waals surface area contributed by atoms with E-state index in [1.54, 1.807) is 6.20 Å². The van der Waals surface area contributed by atoms with Gasteiger partial charge in [0.05, 0.1) is 11.8 Å². The van der Waals surface area contributed by atoms with Gasteiger partial charge in [0.25, 0.3) is 0 Å². The number of aromatic nitrogens is 2. The van der Waals surface area contributed by atoms with Crippen LogP contribution in [0.25, 0.3) is 0 Å². The molecule has 0 aliphatic heterocycles. The smallest absolute Gasteiger partial charge is 0.247 e. The van der Waals surface area contributed by atoms with E-state index >= 15 is 0 Å². The Hall–Kier alpha value is -2.44. The molecule has 0 saturated carbocycles. The van der Waals surface area contributed by atoms with E-state index < -0.39 is 9.84 Å². The highest BCUT2D eigenvalue weighted by Gasteiger charge is 2.16. The molecular weight excluding hydrogens is 408 g/mol. The molecule has 0 unspecified atom stereocenters. The maximum atomic E-state index is 11.9. The van der Waals surface area contributed by atoms with Gasteiger partial charge < -0.3 is 4.74 Å². The summed E-state index contributed by atoms with van der Waals surface area (Å²) in [7, 11) is -3.49. The van der Waals surface area contributed by atoms with Gasteiger partial charge in [0.15, 0.2) is 0 Å². The van der Waals surface area contributed by atoms with E-state index in [9.17, 15) is 8.42 Å². The lowest BCUT2D eigenvalue weighted by Crippen LogP contribution is -2.10. The second-order valence-electron chi connectivity index (χ2n) is 7.19. The molecule has 0 radical (unpaired) electrons. The van der Waals surface area contributed by atoms with Crippen molar-refractivity contribution in [3.05, 3.63) is 82.1 Å². The van der Waals surface area contributed by atoms with Gasteiger partial charge in [-0.25, -0.2) is 18.4 Å². The third-order valence-corrected chi connectivity index (χ3v) is 5.35. The van der Waals surface area contributed by atoms with Crippen molar-refractivity contribution in [2.45, 2.75) is 37.9 Å². The van der Waals surface area contributed by atoms with Gasteiger partial charge in [-0.05, 0) is 54.8 Å². The van der Waals surface area contributed by atoms with Crippen LogP contribution in [0.5, 0.6) is 5.75 Å². The van der Waals surface area contributed by atoms with E-state index in [1.165, 1.54) is 0 Å². The quantitative estimate of drug-likeness (QED) is 0.516. The molecule has 3 aromatic rings. The number of sulfone groups is 1. The molecule has 1 heterocycles. The van der Waals surface area contributed by atoms with Crippen LogP contribution in [0.2, 0.25) is 5.02 Å². The molecule has 29 heavy (non-hydrogen) atoms. The predicted molar refractivity (Wildman–Crippen MR) is 114 cm³/mol. The molecule has 0 N–H and O–H groups in total. The van der Waals surface area contributed by atoms with Crippen LogP contribution in [-0.4, -0.2) is 30.7 Å². The number of benzene rings is 2. The molecule has 3 rings (SSSR count). The van der Waals surface area contributed by atoms with Crippen molar-refractivity contribution >= 4 is 21.4 Å². The van der Waals surface area contributed by atoms with Crippen molar-refractivity contribution in [2.75, 3.05) is 6.26 Å². The molecule has 0 aliphatic carbocycles. The van der Waals surface area contributed by atoms with Crippen LogP contribution in [0.4, 0.5) is 0 Å². The molecule has 0 aliphatic rings. The Kier molecular flexibility index (Phi) is 6.55. The molecule has 7 heteroatoms. The summed E-state index contributed by atoms with van der Waals surface area (Å²) < 4.78 is 29.5. The van der Waals surface area contributed by atoms with Crippen LogP contribution < -0.4 is 4.74 Å². The fourth-order valence-electron chi connectivity index (χ4n) is 2.88. The number of nitrogens with zero attached hydrogens (tertiary/aromatic N) is 2. The van der Waals surface area contributed by atoms with Gasteiger partial charge in [-0.3, -0.25) is 0 Å². The van der Waals surface area contributed by atoms with Gasteiger partial charge in [-0.15, -0.1) is 0 Å². The summed E-state index contributed by atoms with van der Waals surface area (Å²) in [5.41, 5.74) is 3.62. The molecule has 0 atom stereocenters. The minimum Gasteiger partial charge on any atom is -0.491 e. The number of halogens is 1. The average Bonchev–Trinajstić information content (AvgIpc) is 2.65. The number of ether oxygens (including phenoxy) is 1. The number of rotatable bonds is 7. The average molecular weight is 431 g/mol. The summed E-state index contributed by atoms with van der Waals surface area (Å²) in [4.78, 5) is 8.43. The van der Waals surface area contributed by atoms with Crippen molar-refractivity contribution in [1.82, 2.24) is 9.97 Å². The van der Waals surface area contributed by atoms with E-state index in [4.69, 9.17) is 16.3 Å². The topological polar surface area (TPSA) is 69.2 Å². The van der Waals surface area contributed by atoms with Gasteiger partial charge in [-0.1, -0.05) is 35.9 Å². The van der Waals surface area contributed by atoms with Crippen LogP contribution in [-0.2, 0) is 22.7 Å². The van der Waals surface area contributed by atoms with E-state index in [2.05, 4.69) is 9.97 Å². The molecule has 0 amide bonds. The lowest BCUT2D eigenvalue weighted by molar-refractivity contribution is 0.242.